The molecule has 1 aromatic heterocycles. The number of benzene rings is 1. The van der Waals surface area contributed by atoms with E-state index in [0.717, 1.165) is 60.7 Å². The molecule has 2 aliphatic rings. The SMILES string of the molecule is CSCCOCc1cn([C@H]2CCCCO2)nc1-c1ccc2c(c1)CCC(=O)N2C. The normalized spacial score (nSPS) is 19.4. The maximum Gasteiger partial charge on any atom is 0.227 e. The summed E-state index contributed by atoms with van der Waals surface area (Å²) in [6.45, 7) is 2.06. The number of ether oxygens (including phenoxy) is 2. The fourth-order valence-corrected chi connectivity index (χ4v) is 4.27. The minimum absolute atomic E-state index is 0.00355. The van der Waals surface area contributed by atoms with Gasteiger partial charge in [0.05, 0.1) is 18.9 Å². The average Bonchev–Trinajstić information content (AvgIpc) is 3.18. The summed E-state index contributed by atoms with van der Waals surface area (Å²) in [5, 5.41) is 4.91. The Labute approximate surface area is 176 Å². The van der Waals surface area contributed by atoms with Crippen molar-refractivity contribution in [3.63, 3.8) is 0 Å². The number of aryl methyl sites for hydroxylation is 1. The summed E-state index contributed by atoms with van der Waals surface area (Å²) < 4.78 is 13.8. The highest BCUT2D eigenvalue weighted by atomic mass is 32.2. The van der Waals surface area contributed by atoms with E-state index in [0.29, 0.717) is 13.0 Å². The van der Waals surface area contributed by atoms with E-state index < -0.39 is 0 Å². The molecule has 6 nitrogen and oxygen atoms in total. The number of anilines is 1. The lowest BCUT2D eigenvalue weighted by Gasteiger charge is -2.26. The van der Waals surface area contributed by atoms with E-state index in [1.807, 2.05) is 17.8 Å². The Morgan fingerprint density at radius 2 is 2.21 bits per heavy atom. The van der Waals surface area contributed by atoms with Crippen LogP contribution in [0.25, 0.3) is 11.3 Å². The lowest BCUT2D eigenvalue weighted by atomic mass is 9.97. The molecule has 3 heterocycles. The molecular formula is C22H29N3O3S. The van der Waals surface area contributed by atoms with E-state index in [-0.39, 0.29) is 12.1 Å². The van der Waals surface area contributed by atoms with E-state index in [9.17, 15) is 4.79 Å². The molecule has 0 saturated carbocycles. The van der Waals surface area contributed by atoms with Crippen LogP contribution < -0.4 is 4.90 Å². The molecule has 0 bridgehead atoms. The number of rotatable bonds is 7. The largest absolute Gasteiger partial charge is 0.376 e. The predicted octanol–water partition coefficient (Wildman–Crippen LogP) is 4.04. The zero-order valence-electron chi connectivity index (χ0n) is 17.2. The van der Waals surface area contributed by atoms with E-state index in [4.69, 9.17) is 14.6 Å². The highest BCUT2D eigenvalue weighted by Crippen LogP contribution is 2.33. The summed E-state index contributed by atoms with van der Waals surface area (Å²) in [4.78, 5) is 13.7. The van der Waals surface area contributed by atoms with E-state index in [2.05, 4.69) is 24.6 Å². The Bertz CT molecular complexity index is 861. The number of amides is 1. The van der Waals surface area contributed by atoms with Crippen molar-refractivity contribution in [2.75, 3.05) is 37.2 Å². The molecule has 1 amide bonds. The third kappa shape index (κ3) is 4.52. The lowest BCUT2D eigenvalue weighted by Crippen LogP contribution is -2.31. The first-order valence-corrected chi connectivity index (χ1v) is 11.7. The highest BCUT2D eigenvalue weighted by molar-refractivity contribution is 7.98. The third-order valence-corrected chi connectivity index (χ3v) is 6.22. The van der Waals surface area contributed by atoms with Crippen LogP contribution in [0.5, 0.6) is 0 Å². The predicted molar refractivity (Wildman–Crippen MR) is 116 cm³/mol. The van der Waals surface area contributed by atoms with Crippen molar-refractivity contribution in [3.8, 4) is 11.3 Å². The van der Waals surface area contributed by atoms with Crippen LogP contribution in [-0.4, -0.2) is 48.0 Å². The van der Waals surface area contributed by atoms with Gasteiger partial charge in [-0.15, -0.1) is 0 Å². The number of fused-ring (bicyclic) bond motifs is 1. The number of carbonyl (C=O) groups excluding carboxylic acids is 1. The summed E-state index contributed by atoms with van der Waals surface area (Å²) in [6, 6.07) is 6.28. The van der Waals surface area contributed by atoms with Crippen molar-refractivity contribution < 1.29 is 14.3 Å². The summed E-state index contributed by atoms with van der Waals surface area (Å²) in [7, 11) is 1.85. The van der Waals surface area contributed by atoms with E-state index >= 15 is 0 Å². The van der Waals surface area contributed by atoms with Gasteiger partial charge in [0.2, 0.25) is 5.91 Å². The van der Waals surface area contributed by atoms with Crippen molar-refractivity contribution in [2.24, 2.45) is 0 Å². The van der Waals surface area contributed by atoms with Gasteiger partial charge in [-0.1, -0.05) is 6.07 Å². The molecular weight excluding hydrogens is 386 g/mol. The van der Waals surface area contributed by atoms with Crippen molar-refractivity contribution in [3.05, 3.63) is 35.5 Å². The van der Waals surface area contributed by atoms with E-state index in [1.54, 1.807) is 16.7 Å². The Morgan fingerprint density at radius 3 is 3.00 bits per heavy atom. The first kappa shape index (κ1) is 20.4. The number of hydrogen-bond acceptors (Lipinski definition) is 5. The van der Waals surface area contributed by atoms with Crippen LogP contribution in [-0.2, 0) is 27.3 Å². The number of thioether (sulfide) groups is 1. The fraction of sp³-hybridized carbons (Fsp3) is 0.545. The Kier molecular flexibility index (Phi) is 6.57. The second kappa shape index (κ2) is 9.32. The van der Waals surface area contributed by atoms with Gasteiger partial charge in [-0.25, -0.2) is 4.68 Å². The standard InChI is InChI=1S/C22H29N3O3S/c1-24-19-8-6-17(13-16(19)7-9-20(24)26)22-18(15-27-11-12-29-2)14-25(23-22)21-5-3-4-10-28-21/h6,8,13-14,21H,3-5,7,9-12,15H2,1-2H3/t21-/m1/s1. The molecule has 7 heteroatoms. The Hall–Kier alpha value is -1.83. The van der Waals surface area contributed by atoms with Crippen molar-refractivity contribution in [2.45, 2.75) is 44.9 Å². The molecule has 0 aliphatic carbocycles. The van der Waals surface area contributed by atoms with Crippen molar-refractivity contribution >= 4 is 23.4 Å². The zero-order chi connectivity index (χ0) is 20.2. The summed E-state index contributed by atoms with van der Waals surface area (Å²) in [5.41, 5.74) is 5.30. The van der Waals surface area contributed by atoms with Gasteiger partial charge in [0.15, 0.2) is 0 Å². The van der Waals surface area contributed by atoms with Crippen LogP contribution >= 0.6 is 11.8 Å². The molecule has 0 radical (unpaired) electrons. The molecule has 4 rings (SSSR count). The number of aromatic nitrogens is 2. The summed E-state index contributed by atoms with van der Waals surface area (Å²) >= 11 is 1.78. The molecule has 2 aromatic rings. The van der Waals surface area contributed by atoms with Gasteiger partial charge < -0.3 is 14.4 Å². The Balaban J connectivity index is 1.63. The van der Waals surface area contributed by atoms with Gasteiger partial charge in [0.25, 0.3) is 0 Å². The monoisotopic (exact) mass is 415 g/mol. The van der Waals surface area contributed by atoms with Gasteiger partial charge in [0.1, 0.15) is 6.23 Å². The average molecular weight is 416 g/mol. The second-order valence-corrected chi connectivity index (χ2v) is 8.63. The molecule has 1 atom stereocenters. The van der Waals surface area contributed by atoms with Crippen LogP contribution in [0.2, 0.25) is 0 Å². The van der Waals surface area contributed by atoms with Crippen LogP contribution in [0.1, 0.15) is 43.0 Å². The van der Waals surface area contributed by atoms with Crippen molar-refractivity contribution in [1.29, 1.82) is 0 Å². The molecule has 1 aromatic carbocycles. The molecule has 1 fully saturated rings. The van der Waals surface area contributed by atoms with E-state index in [1.165, 1.54) is 12.0 Å². The molecule has 1 saturated heterocycles. The molecule has 0 spiro atoms. The van der Waals surface area contributed by atoms with Gasteiger partial charge in [-0.3, -0.25) is 4.79 Å². The maximum absolute atomic E-state index is 12.0. The topological polar surface area (TPSA) is 56.6 Å². The minimum atomic E-state index is 0.00355. The molecule has 156 valence electrons. The van der Waals surface area contributed by atoms with Crippen molar-refractivity contribution in [1.82, 2.24) is 9.78 Å². The quantitative estimate of drug-likeness (QED) is 0.639. The molecule has 0 unspecified atom stereocenters. The first-order valence-electron chi connectivity index (χ1n) is 10.3. The van der Waals surface area contributed by atoms with Gasteiger partial charge >= 0.3 is 0 Å². The zero-order valence-corrected chi connectivity index (χ0v) is 18.0. The van der Waals surface area contributed by atoms with Crippen LogP contribution in [0.15, 0.2) is 24.4 Å². The third-order valence-electron chi connectivity index (χ3n) is 5.64. The fourth-order valence-electron chi connectivity index (χ4n) is 3.99. The highest BCUT2D eigenvalue weighted by Gasteiger charge is 2.23. The smallest absolute Gasteiger partial charge is 0.227 e. The van der Waals surface area contributed by atoms with Gasteiger partial charge in [-0.05, 0) is 49.6 Å². The molecule has 2 aliphatic heterocycles. The first-order chi connectivity index (χ1) is 14.2. The number of hydrogen-bond donors (Lipinski definition) is 0. The Morgan fingerprint density at radius 1 is 1.31 bits per heavy atom. The molecule has 0 N–H and O–H groups in total. The number of nitrogens with zero attached hydrogens (tertiary/aromatic N) is 3. The van der Waals surface area contributed by atoms with Crippen LogP contribution in [0, 0.1) is 0 Å². The van der Waals surface area contributed by atoms with Gasteiger partial charge in [-0.2, -0.15) is 16.9 Å². The summed E-state index contributed by atoms with van der Waals surface area (Å²) in [6.07, 6.45) is 8.78. The minimum Gasteiger partial charge on any atom is -0.376 e. The summed E-state index contributed by atoms with van der Waals surface area (Å²) in [5.74, 6) is 1.15. The van der Waals surface area contributed by atoms with Crippen LogP contribution in [0.3, 0.4) is 0 Å². The van der Waals surface area contributed by atoms with Crippen LogP contribution in [0.4, 0.5) is 5.69 Å². The maximum atomic E-state index is 12.0. The molecule has 29 heavy (non-hydrogen) atoms. The number of carbonyl (C=O) groups is 1. The second-order valence-electron chi connectivity index (χ2n) is 7.65. The van der Waals surface area contributed by atoms with Gasteiger partial charge in [0, 0.05) is 48.8 Å². The lowest BCUT2D eigenvalue weighted by molar-refractivity contribution is -0.118.